The van der Waals surface area contributed by atoms with E-state index < -0.39 is 0 Å². The highest BCUT2D eigenvalue weighted by Gasteiger charge is 2.24. The molecule has 5 heteroatoms. The van der Waals surface area contributed by atoms with E-state index in [1.165, 1.54) is 11.6 Å². The lowest BCUT2D eigenvalue weighted by molar-refractivity contribution is 0.414. The number of hydrogen-bond acceptors (Lipinski definition) is 5. The summed E-state index contributed by atoms with van der Waals surface area (Å²) in [7, 11) is 1.67. The standard InChI is InChI=1S/C25H19NO3S/c1-28-18-12-9-16(10-13-18)23-15-21(26-20-7-2-3-8-22(20)30-23)19-6-4-5-17-11-14-24(27)29-25(17)19/h2-14,23H,15H2,1H3/t23-/m0/s1. The Hall–Kier alpha value is -3.31. The molecule has 2 heterocycles. The van der Waals surface area contributed by atoms with Gasteiger partial charge in [0.25, 0.3) is 0 Å². The van der Waals surface area contributed by atoms with Crippen LogP contribution in [0, 0.1) is 0 Å². The molecule has 0 unspecified atom stereocenters. The Balaban J connectivity index is 1.66. The predicted octanol–water partition coefficient (Wildman–Crippen LogP) is 6.16. The number of methoxy groups -OCH3 is 1. The molecular formula is C25H19NO3S. The zero-order valence-corrected chi connectivity index (χ0v) is 17.2. The van der Waals surface area contributed by atoms with E-state index in [1.54, 1.807) is 24.9 Å². The van der Waals surface area contributed by atoms with Crippen LogP contribution in [0.3, 0.4) is 0 Å². The molecule has 0 radical (unpaired) electrons. The van der Waals surface area contributed by atoms with Crippen LogP contribution in [0.1, 0.15) is 22.8 Å². The minimum Gasteiger partial charge on any atom is -0.497 e. The maximum absolute atomic E-state index is 11.9. The van der Waals surface area contributed by atoms with Crippen molar-refractivity contribution in [3.8, 4) is 5.75 Å². The van der Waals surface area contributed by atoms with Crippen LogP contribution < -0.4 is 10.4 Å². The highest BCUT2D eigenvalue weighted by Crippen LogP contribution is 2.46. The normalized spacial score (nSPS) is 15.9. The van der Waals surface area contributed by atoms with E-state index in [0.29, 0.717) is 12.0 Å². The zero-order chi connectivity index (χ0) is 20.5. The van der Waals surface area contributed by atoms with Gasteiger partial charge in [-0.3, -0.25) is 4.99 Å². The number of ether oxygens (including phenoxy) is 1. The molecular weight excluding hydrogens is 394 g/mol. The third-order valence-electron chi connectivity index (χ3n) is 5.21. The molecule has 4 nitrogen and oxygen atoms in total. The van der Waals surface area contributed by atoms with Gasteiger partial charge in [0, 0.05) is 33.6 Å². The molecule has 0 N–H and O–H groups in total. The fraction of sp³-hybridized carbons (Fsp3) is 0.120. The summed E-state index contributed by atoms with van der Waals surface area (Å²) in [6, 6.07) is 25.5. The van der Waals surface area contributed by atoms with E-state index in [2.05, 4.69) is 18.2 Å². The number of aliphatic imine (C=N–C) groups is 1. The van der Waals surface area contributed by atoms with Gasteiger partial charge in [0.1, 0.15) is 11.3 Å². The Kier molecular flexibility index (Phi) is 4.89. The van der Waals surface area contributed by atoms with Crippen molar-refractivity contribution in [2.75, 3.05) is 7.11 Å². The largest absolute Gasteiger partial charge is 0.497 e. The van der Waals surface area contributed by atoms with Gasteiger partial charge in [0.2, 0.25) is 0 Å². The van der Waals surface area contributed by atoms with Gasteiger partial charge in [-0.05, 0) is 42.0 Å². The summed E-state index contributed by atoms with van der Waals surface area (Å²) in [6.07, 6.45) is 0.712. The van der Waals surface area contributed by atoms with Crippen molar-refractivity contribution >= 4 is 34.1 Å². The summed E-state index contributed by atoms with van der Waals surface area (Å²) in [5.74, 6) is 0.836. The van der Waals surface area contributed by atoms with Crippen LogP contribution in [0.2, 0.25) is 0 Å². The van der Waals surface area contributed by atoms with Crippen molar-refractivity contribution in [1.82, 2.24) is 0 Å². The molecule has 1 aromatic heterocycles. The molecule has 5 rings (SSSR count). The molecule has 148 valence electrons. The average molecular weight is 413 g/mol. The summed E-state index contributed by atoms with van der Waals surface area (Å²) < 4.78 is 10.9. The van der Waals surface area contributed by atoms with Crippen molar-refractivity contribution in [2.45, 2.75) is 16.6 Å². The molecule has 0 fully saturated rings. The fourth-order valence-corrected chi connectivity index (χ4v) is 4.94. The van der Waals surface area contributed by atoms with Crippen LogP contribution in [-0.4, -0.2) is 12.8 Å². The van der Waals surface area contributed by atoms with Crippen molar-refractivity contribution in [3.63, 3.8) is 0 Å². The van der Waals surface area contributed by atoms with Gasteiger partial charge in [-0.25, -0.2) is 4.79 Å². The quantitative estimate of drug-likeness (QED) is 0.378. The van der Waals surface area contributed by atoms with Gasteiger partial charge in [-0.2, -0.15) is 0 Å². The molecule has 0 saturated heterocycles. The summed E-state index contributed by atoms with van der Waals surface area (Å²) >= 11 is 1.80. The first-order chi connectivity index (χ1) is 14.7. The number of benzene rings is 3. The van der Waals surface area contributed by atoms with E-state index in [9.17, 15) is 4.79 Å². The van der Waals surface area contributed by atoms with Crippen LogP contribution in [0.5, 0.6) is 5.75 Å². The van der Waals surface area contributed by atoms with E-state index in [4.69, 9.17) is 14.1 Å². The number of rotatable bonds is 3. The highest BCUT2D eigenvalue weighted by molar-refractivity contribution is 7.99. The van der Waals surface area contributed by atoms with Gasteiger partial charge in [0.05, 0.1) is 18.5 Å². The van der Waals surface area contributed by atoms with Crippen LogP contribution in [0.4, 0.5) is 5.69 Å². The smallest absolute Gasteiger partial charge is 0.336 e. The maximum atomic E-state index is 11.9. The van der Waals surface area contributed by atoms with Gasteiger partial charge >= 0.3 is 5.63 Å². The molecule has 1 aliphatic rings. The second-order valence-electron chi connectivity index (χ2n) is 7.09. The Labute approximate surface area is 178 Å². The lowest BCUT2D eigenvalue weighted by Crippen LogP contribution is -2.07. The Morgan fingerprint density at radius 3 is 2.63 bits per heavy atom. The molecule has 1 aliphatic heterocycles. The van der Waals surface area contributed by atoms with E-state index >= 15 is 0 Å². The Morgan fingerprint density at radius 1 is 0.967 bits per heavy atom. The minimum atomic E-state index is -0.356. The molecule has 0 spiro atoms. The van der Waals surface area contributed by atoms with Crippen LogP contribution >= 0.6 is 11.8 Å². The summed E-state index contributed by atoms with van der Waals surface area (Å²) in [5.41, 5.74) is 4.14. The monoisotopic (exact) mass is 413 g/mol. The van der Waals surface area contributed by atoms with E-state index in [-0.39, 0.29) is 10.9 Å². The third-order valence-corrected chi connectivity index (χ3v) is 6.54. The third kappa shape index (κ3) is 3.53. The second kappa shape index (κ2) is 7.84. The minimum absolute atomic E-state index is 0.170. The van der Waals surface area contributed by atoms with Gasteiger partial charge in [0.15, 0.2) is 0 Å². The van der Waals surface area contributed by atoms with Crippen LogP contribution in [0.15, 0.2) is 98.0 Å². The summed E-state index contributed by atoms with van der Waals surface area (Å²) in [4.78, 5) is 18.1. The van der Waals surface area contributed by atoms with Crippen molar-refractivity contribution in [2.24, 2.45) is 4.99 Å². The first-order valence-electron chi connectivity index (χ1n) is 9.72. The average Bonchev–Trinajstić information content (AvgIpc) is 2.98. The van der Waals surface area contributed by atoms with E-state index in [0.717, 1.165) is 33.0 Å². The number of para-hydroxylation sites is 2. The van der Waals surface area contributed by atoms with Crippen LogP contribution in [-0.2, 0) is 0 Å². The number of fused-ring (bicyclic) bond motifs is 2. The lowest BCUT2D eigenvalue weighted by atomic mass is 9.99. The van der Waals surface area contributed by atoms with Crippen molar-refractivity contribution in [3.05, 3.63) is 100 Å². The number of thioether (sulfide) groups is 1. The molecule has 0 aliphatic carbocycles. The summed E-state index contributed by atoms with van der Waals surface area (Å²) in [5, 5.41) is 1.06. The Bertz CT molecular complexity index is 1310. The molecule has 0 saturated carbocycles. The summed E-state index contributed by atoms with van der Waals surface area (Å²) in [6.45, 7) is 0. The van der Waals surface area contributed by atoms with Gasteiger partial charge in [-0.15, -0.1) is 11.8 Å². The van der Waals surface area contributed by atoms with E-state index in [1.807, 2.05) is 48.5 Å². The highest BCUT2D eigenvalue weighted by atomic mass is 32.2. The van der Waals surface area contributed by atoms with Crippen molar-refractivity contribution < 1.29 is 9.15 Å². The zero-order valence-electron chi connectivity index (χ0n) is 16.4. The predicted molar refractivity (Wildman–Crippen MR) is 121 cm³/mol. The molecule has 0 bridgehead atoms. The maximum Gasteiger partial charge on any atom is 0.336 e. The number of hydrogen-bond donors (Lipinski definition) is 0. The molecule has 0 amide bonds. The second-order valence-corrected chi connectivity index (χ2v) is 8.33. The van der Waals surface area contributed by atoms with Gasteiger partial charge in [-0.1, -0.05) is 36.4 Å². The van der Waals surface area contributed by atoms with Crippen molar-refractivity contribution in [1.29, 1.82) is 0 Å². The molecule has 3 aromatic carbocycles. The lowest BCUT2D eigenvalue weighted by Gasteiger charge is -2.17. The Morgan fingerprint density at radius 2 is 1.80 bits per heavy atom. The first-order valence-corrected chi connectivity index (χ1v) is 10.6. The van der Waals surface area contributed by atoms with Crippen LogP contribution in [0.25, 0.3) is 11.0 Å². The first kappa shape index (κ1) is 18.7. The molecule has 30 heavy (non-hydrogen) atoms. The molecule has 1 atom stereocenters. The SMILES string of the molecule is COc1ccc([C@@H]2CC(c3cccc4ccc(=O)oc34)=Nc3ccccc3S2)cc1. The topological polar surface area (TPSA) is 51.8 Å². The fourth-order valence-electron chi connectivity index (χ4n) is 3.71. The number of nitrogens with zero attached hydrogens (tertiary/aromatic N) is 1. The molecule has 4 aromatic rings. The van der Waals surface area contributed by atoms with Gasteiger partial charge < -0.3 is 9.15 Å².